The number of ether oxygens (including phenoxy) is 4. The summed E-state index contributed by atoms with van der Waals surface area (Å²) in [6, 6.07) is 12.2. The van der Waals surface area contributed by atoms with E-state index in [1.165, 1.54) is 13.2 Å². The number of hydrogen-bond donors (Lipinski definition) is 1. The van der Waals surface area contributed by atoms with Crippen LogP contribution < -0.4 is 24.3 Å². The molecule has 27 heavy (non-hydrogen) atoms. The Kier molecular flexibility index (Phi) is 5.47. The lowest BCUT2D eigenvalue weighted by Gasteiger charge is -2.10. The van der Waals surface area contributed by atoms with E-state index in [1.807, 2.05) is 13.0 Å². The van der Waals surface area contributed by atoms with Crippen LogP contribution >= 0.6 is 0 Å². The highest BCUT2D eigenvalue weighted by Gasteiger charge is 2.19. The molecule has 0 saturated heterocycles. The van der Waals surface area contributed by atoms with Crippen molar-refractivity contribution in [3.8, 4) is 29.1 Å². The van der Waals surface area contributed by atoms with E-state index < -0.39 is 5.91 Å². The molecule has 7 nitrogen and oxygen atoms in total. The molecule has 1 aliphatic rings. The first-order valence-corrected chi connectivity index (χ1v) is 8.28. The second kappa shape index (κ2) is 8.15. The zero-order valence-corrected chi connectivity index (χ0v) is 14.9. The van der Waals surface area contributed by atoms with E-state index >= 15 is 0 Å². The number of carbonyl (C=O) groups is 1. The standard InChI is InChI=1S/C20H18N2O5/c1-3-25-17-10-19-18(26-12-27-19)8-13(17)7-14(11-21)20(23)22-15-5-4-6-16(9-15)24-2/h4-10H,3,12H2,1-2H3,(H,22,23)/b14-7+. The van der Waals surface area contributed by atoms with Crippen LogP contribution in [0.3, 0.4) is 0 Å². The monoisotopic (exact) mass is 366 g/mol. The molecule has 1 heterocycles. The molecule has 0 saturated carbocycles. The van der Waals surface area contributed by atoms with Crippen molar-refractivity contribution in [1.29, 1.82) is 5.26 Å². The van der Waals surface area contributed by atoms with E-state index in [9.17, 15) is 10.1 Å². The molecule has 2 aromatic rings. The van der Waals surface area contributed by atoms with E-state index in [2.05, 4.69) is 5.32 Å². The molecule has 7 heteroatoms. The van der Waals surface area contributed by atoms with Gasteiger partial charge in [0.2, 0.25) is 6.79 Å². The minimum absolute atomic E-state index is 0.0716. The number of nitriles is 1. The molecular formula is C20H18N2O5. The van der Waals surface area contributed by atoms with Gasteiger partial charge in [-0.3, -0.25) is 4.79 Å². The maximum Gasteiger partial charge on any atom is 0.266 e. The zero-order chi connectivity index (χ0) is 19.2. The van der Waals surface area contributed by atoms with Crippen molar-refractivity contribution in [2.45, 2.75) is 6.92 Å². The largest absolute Gasteiger partial charge is 0.497 e. The molecule has 0 radical (unpaired) electrons. The number of fused-ring (bicyclic) bond motifs is 1. The summed E-state index contributed by atoms with van der Waals surface area (Å²) < 4.78 is 21.4. The summed E-state index contributed by atoms with van der Waals surface area (Å²) in [4.78, 5) is 12.5. The van der Waals surface area contributed by atoms with E-state index in [4.69, 9.17) is 18.9 Å². The van der Waals surface area contributed by atoms with Crippen LogP contribution in [0.15, 0.2) is 42.0 Å². The third-order valence-corrected chi connectivity index (χ3v) is 3.80. The summed E-state index contributed by atoms with van der Waals surface area (Å²) in [5.74, 6) is 1.67. The van der Waals surface area contributed by atoms with Crippen LogP contribution in [0.4, 0.5) is 5.69 Å². The fraction of sp³-hybridized carbons (Fsp3) is 0.200. The molecule has 0 fully saturated rings. The van der Waals surface area contributed by atoms with Gasteiger partial charge in [0.25, 0.3) is 5.91 Å². The quantitative estimate of drug-likeness (QED) is 0.623. The van der Waals surface area contributed by atoms with Crippen molar-refractivity contribution < 1.29 is 23.7 Å². The van der Waals surface area contributed by atoms with Gasteiger partial charge < -0.3 is 24.3 Å². The molecule has 0 unspecified atom stereocenters. The highest BCUT2D eigenvalue weighted by atomic mass is 16.7. The number of methoxy groups -OCH3 is 1. The minimum Gasteiger partial charge on any atom is -0.497 e. The fourth-order valence-electron chi connectivity index (χ4n) is 2.54. The fourth-order valence-corrected chi connectivity index (χ4v) is 2.54. The Morgan fingerprint density at radius 1 is 1.30 bits per heavy atom. The SMILES string of the molecule is CCOc1cc2c(cc1/C=C(\C#N)C(=O)Nc1cccc(OC)c1)OCO2. The second-order valence-electron chi connectivity index (χ2n) is 5.53. The number of carbonyl (C=O) groups excluding carboxylic acids is 1. The number of benzene rings is 2. The van der Waals surface area contributed by atoms with Gasteiger partial charge in [0.1, 0.15) is 23.1 Å². The molecule has 1 N–H and O–H groups in total. The molecule has 0 atom stereocenters. The summed E-state index contributed by atoms with van der Waals surface area (Å²) >= 11 is 0. The van der Waals surface area contributed by atoms with Crippen molar-refractivity contribution in [2.75, 3.05) is 25.8 Å². The van der Waals surface area contributed by atoms with E-state index in [-0.39, 0.29) is 12.4 Å². The van der Waals surface area contributed by atoms with Gasteiger partial charge in [-0.05, 0) is 31.2 Å². The Balaban J connectivity index is 1.89. The van der Waals surface area contributed by atoms with Gasteiger partial charge in [0, 0.05) is 23.4 Å². The van der Waals surface area contributed by atoms with Crippen molar-refractivity contribution >= 4 is 17.7 Å². The summed E-state index contributed by atoms with van der Waals surface area (Å²) in [5, 5.41) is 12.1. The van der Waals surface area contributed by atoms with Crippen molar-refractivity contribution in [3.05, 3.63) is 47.5 Å². The molecular weight excluding hydrogens is 348 g/mol. The molecule has 0 aliphatic carbocycles. The third-order valence-electron chi connectivity index (χ3n) is 3.80. The van der Waals surface area contributed by atoms with E-state index in [1.54, 1.807) is 36.4 Å². The van der Waals surface area contributed by atoms with Crippen LogP contribution in [0.1, 0.15) is 12.5 Å². The molecule has 0 spiro atoms. The Morgan fingerprint density at radius 3 is 2.78 bits per heavy atom. The van der Waals surface area contributed by atoms with E-state index in [0.29, 0.717) is 40.9 Å². The summed E-state index contributed by atoms with van der Waals surface area (Å²) in [6.07, 6.45) is 1.46. The summed E-state index contributed by atoms with van der Waals surface area (Å²) in [7, 11) is 1.54. The van der Waals surface area contributed by atoms with Gasteiger partial charge in [-0.15, -0.1) is 0 Å². The van der Waals surface area contributed by atoms with Crippen molar-refractivity contribution in [1.82, 2.24) is 0 Å². The number of hydrogen-bond acceptors (Lipinski definition) is 6. The van der Waals surface area contributed by atoms with Crippen molar-refractivity contribution in [2.24, 2.45) is 0 Å². The molecule has 0 bridgehead atoms. The minimum atomic E-state index is -0.536. The topological polar surface area (TPSA) is 89.8 Å². The number of anilines is 1. The Morgan fingerprint density at radius 2 is 2.07 bits per heavy atom. The second-order valence-corrected chi connectivity index (χ2v) is 5.53. The average Bonchev–Trinajstić information content (AvgIpc) is 3.13. The zero-order valence-electron chi connectivity index (χ0n) is 14.9. The lowest BCUT2D eigenvalue weighted by molar-refractivity contribution is -0.112. The molecule has 138 valence electrons. The van der Waals surface area contributed by atoms with Crippen LogP contribution in [0.5, 0.6) is 23.0 Å². The Labute approximate surface area is 156 Å². The number of rotatable bonds is 6. The van der Waals surface area contributed by atoms with Crippen molar-refractivity contribution in [3.63, 3.8) is 0 Å². The Bertz CT molecular complexity index is 930. The first kappa shape index (κ1) is 18.1. The van der Waals surface area contributed by atoms with Gasteiger partial charge >= 0.3 is 0 Å². The van der Waals surface area contributed by atoms with Crippen LogP contribution in [-0.2, 0) is 4.79 Å². The Hall–Kier alpha value is -3.66. The third kappa shape index (κ3) is 4.12. The number of amides is 1. The first-order valence-electron chi connectivity index (χ1n) is 8.28. The predicted molar refractivity (Wildman–Crippen MR) is 98.9 cm³/mol. The highest BCUT2D eigenvalue weighted by Crippen LogP contribution is 2.39. The van der Waals surface area contributed by atoms with Gasteiger partial charge in [0.05, 0.1) is 13.7 Å². The highest BCUT2D eigenvalue weighted by molar-refractivity contribution is 6.10. The average molecular weight is 366 g/mol. The summed E-state index contributed by atoms with van der Waals surface area (Å²) in [5.41, 5.74) is 1.01. The first-order chi connectivity index (χ1) is 13.1. The summed E-state index contributed by atoms with van der Waals surface area (Å²) in [6.45, 7) is 2.40. The van der Waals surface area contributed by atoms with Gasteiger partial charge in [0.15, 0.2) is 11.5 Å². The number of nitrogens with zero attached hydrogens (tertiary/aromatic N) is 1. The smallest absolute Gasteiger partial charge is 0.266 e. The molecule has 1 amide bonds. The van der Waals surface area contributed by atoms with E-state index in [0.717, 1.165) is 0 Å². The van der Waals surface area contributed by atoms with Gasteiger partial charge in [-0.2, -0.15) is 5.26 Å². The molecule has 2 aromatic carbocycles. The van der Waals surface area contributed by atoms with Crippen LogP contribution in [0, 0.1) is 11.3 Å². The lowest BCUT2D eigenvalue weighted by atomic mass is 10.1. The van der Waals surface area contributed by atoms with Crippen LogP contribution in [-0.4, -0.2) is 26.4 Å². The van der Waals surface area contributed by atoms with Gasteiger partial charge in [-0.1, -0.05) is 6.07 Å². The molecule has 0 aromatic heterocycles. The maximum absolute atomic E-state index is 12.5. The maximum atomic E-state index is 12.5. The lowest BCUT2D eigenvalue weighted by Crippen LogP contribution is -2.13. The van der Waals surface area contributed by atoms with Gasteiger partial charge in [-0.25, -0.2) is 0 Å². The molecule has 1 aliphatic heterocycles. The number of nitrogens with one attached hydrogen (secondary N) is 1. The normalized spacial score (nSPS) is 12.3. The predicted octanol–water partition coefficient (Wildman–Crippen LogP) is 3.37. The van der Waals surface area contributed by atoms with Crippen LogP contribution in [0.25, 0.3) is 6.08 Å². The molecule has 3 rings (SSSR count). The van der Waals surface area contributed by atoms with Crippen LogP contribution in [0.2, 0.25) is 0 Å².